The molecule has 1 N–H and O–H groups in total. The number of hydrogen-bond donors (Lipinski definition) is 1. The highest BCUT2D eigenvalue weighted by Gasteiger charge is 2.21. The zero-order valence-corrected chi connectivity index (χ0v) is 12.5. The Morgan fingerprint density at radius 1 is 1.27 bits per heavy atom. The van der Waals surface area contributed by atoms with E-state index >= 15 is 0 Å². The Hall–Kier alpha value is -2.50. The van der Waals surface area contributed by atoms with Gasteiger partial charge in [0, 0.05) is 36.0 Å². The molecule has 0 spiro atoms. The predicted molar refractivity (Wildman–Crippen MR) is 84.7 cm³/mol. The zero-order chi connectivity index (χ0) is 15.5. The molecule has 0 saturated heterocycles. The molecule has 6 nitrogen and oxygen atoms in total. The number of aryl methyl sites for hydroxylation is 1. The topological polar surface area (TPSA) is 81.0 Å². The third-order valence-corrected chi connectivity index (χ3v) is 3.75. The van der Waals surface area contributed by atoms with E-state index in [0.717, 1.165) is 36.0 Å². The van der Waals surface area contributed by atoms with E-state index in [1.165, 1.54) is 25.0 Å². The minimum absolute atomic E-state index is 0.0717. The van der Waals surface area contributed by atoms with E-state index in [1.54, 1.807) is 12.1 Å². The lowest BCUT2D eigenvalue weighted by Crippen LogP contribution is -2.07. The van der Waals surface area contributed by atoms with E-state index in [4.69, 9.17) is 0 Å². The molecule has 22 heavy (non-hydrogen) atoms. The van der Waals surface area contributed by atoms with Gasteiger partial charge in [-0.05, 0) is 37.3 Å². The Bertz CT molecular complexity index is 681. The summed E-state index contributed by atoms with van der Waals surface area (Å²) in [5.41, 5.74) is 1.82. The molecule has 3 rings (SSSR count). The minimum Gasteiger partial charge on any atom is -0.370 e. The lowest BCUT2D eigenvalue weighted by Gasteiger charge is -2.09. The second-order valence-electron chi connectivity index (χ2n) is 5.55. The smallest absolute Gasteiger partial charge is 0.269 e. The third-order valence-electron chi connectivity index (χ3n) is 3.75. The zero-order valence-electron chi connectivity index (χ0n) is 12.5. The van der Waals surface area contributed by atoms with Gasteiger partial charge in [0.25, 0.3) is 5.69 Å². The van der Waals surface area contributed by atoms with E-state index in [2.05, 4.69) is 15.3 Å². The second kappa shape index (κ2) is 6.09. The molecule has 1 aliphatic rings. The number of nitrogens with one attached hydrogen (secondary N) is 1. The molecule has 1 aliphatic carbocycles. The van der Waals surface area contributed by atoms with Gasteiger partial charge in [-0.3, -0.25) is 10.1 Å². The maximum absolute atomic E-state index is 10.7. The summed E-state index contributed by atoms with van der Waals surface area (Å²) in [4.78, 5) is 19.4. The fraction of sp³-hybridized carbons (Fsp3) is 0.375. The van der Waals surface area contributed by atoms with Gasteiger partial charge in [-0.25, -0.2) is 9.97 Å². The average molecular weight is 298 g/mol. The Kier molecular flexibility index (Phi) is 4.00. The van der Waals surface area contributed by atoms with E-state index in [1.807, 2.05) is 13.0 Å². The Balaban J connectivity index is 1.86. The van der Waals surface area contributed by atoms with Crippen molar-refractivity contribution in [2.45, 2.75) is 26.2 Å². The van der Waals surface area contributed by atoms with Crippen molar-refractivity contribution in [2.24, 2.45) is 5.92 Å². The summed E-state index contributed by atoms with van der Waals surface area (Å²) in [7, 11) is 0. The molecular formula is C16H18N4O2. The Labute approximate surface area is 128 Å². The lowest BCUT2D eigenvalue weighted by atomic mass is 10.2. The first-order valence-corrected chi connectivity index (χ1v) is 7.52. The highest BCUT2D eigenvalue weighted by molar-refractivity contribution is 5.59. The summed E-state index contributed by atoms with van der Waals surface area (Å²) in [6.45, 7) is 2.99. The van der Waals surface area contributed by atoms with Gasteiger partial charge in [-0.2, -0.15) is 0 Å². The highest BCUT2D eigenvalue weighted by Crippen LogP contribution is 2.29. The maximum Gasteiger partial charge on any atom is 0.269 e. The first-order chi connectivity index (χ1) is 10.7. The number of nitrogens with zero attached hydrogens (tertiary/aromatic N) is 3. The molecule has 2 aromatic rings. The summed E-state index contributed by atoms with van der Waals surface area (Å²) < 4.78 is 0. The quantitative estimate of drug-likeness (QED) is 0.652. The van der Waals surface area contributed by atoms with Crippen LogP contribution in [0.3, 0.4) is 0 Å². The summed E-state index contributed by atoms with van der Waals surface area (Å²) in [5, 5.41) is 14.1. The van der Waals surface area contributed by atoms with Gasteiger partial charge in [0.15, 0.2) is 5.82 Å². The standard InChI is InChI=1S/C16H18N4O2/c1-2-13-9-15(17-10-11-3-4-11)19-16(18-13)12-5-7-14(8-6-12)20(21)22/h5-9,11H,2-4,10H2,1H3,(H,17,18,19). The summed E-state index contributed by atoms with van der Waals surface area (Å²) in [6.07, 6.45) is 3.39. The molecule has 1 aromatic carbocycles. The van der Waals surface area contributed by atoms with E-state index in [-0.39, 0.29) is 5.69 Å². The molecule has 0 atom stereocenters. The molecule has 0 bridgehead atoms. The van der Waals surface area contributed by atoms with Crippen LogP contribution in [0.2, 0.25) is 0 Å². The van der Waals surface area contributed by atoms with Gasteiger partial charge in [0.1, 0.15) is 5.82 Å². The van der Waals surface area contributed by atoms with Crippen LogP contribution in [0.15, 0.2) is 30.3 Å². The number of rotatable bonds is 6. The molecule has 0 radical (unpaired) electrons. The number of anilines is 1. The second-order valence-corrected chi connectivity index (χ2v) is 5.55. The molecule has 1 saturated carbocycles. The largest absolute Gasteiger partial charge is 0.370 e. The van der Waals surface area contributed by atoms with Gasteiger partial charge in [0.05, 0.1) is 4.92 Å². The van der Waals surface area contributed by atoms with Gasteiger partial charge >= 0.3 is 0 Å². The highest BCUT2D eigenvalue weighted by atomic mass is 16.6. The van der Waals surface area contributed by atoms with E-state index in [9.17, 15) is 10.1 Å². The number of nitro benzene ring substituents is 1. The average Bonchev–Trinajstić information content (AvgIpc) is 3.37. The fourth-order valence-corrected chi connectivity index (χ4v) is 2.20. The predicted octanol–water partition coefficient (Wildman–Crippen LogP) is 3.44. The molecule has 0 amide bonds. The van der Waals surface area contributed by atoms with Crippen molar-refractivity contribution in [3.8, 4) is 11.4 Å². The molecular weight excluding hydrogens is 280 g/mol. The van der Waals surface area contributed by atoms with Crippen LogP contribution in [0.5, 0.6) is 0 Å². The van der Waals surface area contributed by atoms with Crippen molar-refractivity contribution in [1.29, 1.82) is 0 Å². The molecule has 1 heterocycles. The first-order valence-electron chi connectivity index (χ1n) is 7.52. The van der Waals surface area contributed by atoms with Crippen LogP contribution >= 0.6 is 0 Å². The number of non-ortho nitro benzene ring substituents is 1. The van der Waals surface area contributed by atoms with Crippen LogP contribution in [0.4, 0.5) is 11.5 Å². The Morgan fingerprint density at radius 3 is 2.59 bits per heavy atom. The number of benzene rings is 1. The molecule has 1 fully saturated rings. The van der Waals surface area contributed by atoms with Crippen LogP contribution in [0, 0.1) is 16.0 Å². The molecule has 114 valence electrons. The molecule has 0 unspecified atom stereocenters. The Morgan fingerprint density at radius 2 is 2.00 bits per heavy atom. The monoisotopic (exact) mass is 298 g/mol. The van der Waals surface area contributed by atoms with Crippen LogP contribution in [0.1, 0.15) is 25.5 Å². The SMILES string of the molecule is CCc1cc(NCC2CC2)nc(-c2ccc([N+](=O)[O-])cc2)n1. The molecule has 6 heteroatoms. The fourth-order valence-electron chi connectivity index (χ4n) is 2.20. The van der Waals surface area contributed by atoms with Crippen LogP contribution < -0.4 is 5.32 Å². The van der Waals surface area contributed by atoms with Gasteiger partial charge < -0.3 is 5.32 Å². The molecule has 0 aliphatic heterocycles. The van der Waals surface area contributed by atoms with Gasteiger partial charge in [0.2, 0.25) is 0 Å². The normalized spacial score (nSPS) is 13.9. The van der Waals surface area contributed by atoms with Crippen LogP contribution in [0.25, 0.3) is 11.4 Å². The van der Waals surface area contributed by atoms with Gasteiger partial charge in [-0.1, -0.05) is 6.92 Å². The maximum atomic E-state index is 10.7. The van der Waals surface area contributed by atoms with Crippen molar-refractivity contribution < 1.29 is 4.92 Å². The van der Waals surface area contributed by atoms with Crippen molar-refractivity contribution >= 4 is 11.5 Å². The number of aromatic nitrogens is 2. The van der Waals surface area contributed by atoms with Crippen molar-refractivity contribution in [2.75, 3.05) is 11.9 Å². The van der Waals surface area contributed by atoms with Crippen LogP contribution in [-0.4, -0.2) is 21.4 Å². The first kappa shape index (κ1) is 14.4. The summed E-state index contributed by atoms with van der Waals surface area (Å²) >= 11 is 0. The van der Waals surface area contributed by atoms with E-state index < -0.39 is 4.92 Å². The summed E-state index contributed by atoms with van der Waals surface area (Å²) in [5.74, 6) is 2.20. The summed E-state index contributed by atoms with van der Waals surface area (Å²) in [6, 6.07) is 8.32. The third kappa shape index (κ3) is 3.39. The number of hydrogen-bond acceptors (Lipinski definition) is 5. The minimum atomic E-state index is -0.407. The van der Waals surface area contributed by atoms with Crippen molar-refractivity contribution in [1.82, 2.24) is 9.97 Å². The van der Waals surface area contributed by atoms with Gasteiger partial charge in [-0.15, -0.1) is 0 Å². The molecule has 1 aromatic heterocycles. The van der Waals surface area contributed by atoms with E-state index in [0.29, 0.717) is 5.82 Å². The number of nitro groups is 1. The van der Waals surface area contributed by atoms with Crippen molar-refractivity contribution in [3.63, 3.8) is 0 Å². The van der Waals surface area contributed by atoms with Crippen LogP contribution in [-0.2, 0) is 6.42 Å². The van der Waals surface area contributed by atoms with Crippen molar-refractivity contribution in [3.05, 3.63) is 46.1 Å². The lowest BCUT2D eigenvalue weighted by molar-refractivity contribution is -0.384.